The summed E-state index contributed by atoms with van der Waals surface area (Å²) in [5.41, 5.74) is 0.281. The van der Waals surface area contributed by atoms with Gasteiger partial charge < -0.3 is 5.11 Å². The molecule has 5 heteroatoms. The van der Waals surface area contributed by atoms with Crippen molar-refractivity contribution in [3.63, 3.8) is 0 Å². The molecule has 1 aromatic rings. The van der Waals surface area contributed by atoms with Gasteiger partial charge in [0.2, 0.25) is 5.78 Å². The van der Waals surface area contributed by atoms with Crippen molar-refractivity contribution < 1.29 is 14.5 Å². The van der Waals surface area contributed by atoms with Crippen LogP contribution in [0, 0.1) is 0 Å². The smallest absolute Gasteiger partial charge is 0.396 e. The first kappa shape index (κ1) is 15.5. The summed E-state index contributed by atoms with van der Waals surface area (Å²) in [6, 6.07) is 9.26. The molecule has 0 fully saturated rings. The van der Waals surface area contributed by atoms with Crippen LogP contribution < -0.4 is 5.30 Å². The molecule has 0 bridgehead atoms. The average molecular weight is 280 g/mol. The fraction of sp³-hybridized carbons (Fsp3) is 0.357. The second kappa shape index (κ2) is 7.17. The summed E-state index contributed by atoms with van der Waals surface area (Å²) in [5, 5.41) is 9.62. The lowest BCUT2D eigenvalue weighted by molar-refractivity contribution is -0.132. The highest BCUT2D eigenvalue weighted by Gasteiger charge is 2.33. The van der Waals surface area contributed by atoms with Gasteiger partial charge in [0.1, 0.15) is 0 Å². The van der Waals surface area contributed by atoms with E-state index in [2.05, 4.69) is 0 Å². The van der Waals surface area contributed by atoms with Gasteiger partial charge in [0.05, 0.1) is 0 Å². The van der Waals surface area contributed by atoms with E-state index >= 15 is 0 Å². The predicted molar refractivity (Wildman–Crippen MR) is 77.2 cm³/mol. The second-order valence-electron chi connectivity index (χ2n) is 4.53. The molecule has 0 aliphatic rings. The third-order valence-electron chi connectivity index (χ3n) is 2.85. The molecule has 0 heterocycles. The molecule has 0 amide bonds. The van der Waals surface area contributed by atoms with Crippen molar-refractivity contribution in [3.8, 4) is 0 Å². The highest BCUT2D eigenvalue weighted by molar-refractivity contribution is 7.54. The van der Waals surface area contributed by atoms with Gasteiger partial charge >= 0.3 is 13.8 Å². The molecule has 1 N–H and O–H groups in total. The van der Waals surface area contributed by atoms with Crippen LogP contribution in [0.4, 0.5) is 0 Å². The first-order valence-corrected chi connectivity index (χ1v) is 7.34. The minimum absolute atomic E-state index is 0.202. The SMILES string of the molecule is CC(=CCC(N(C)C)[P+](=O)c1ccccc1)C(=O)O. The van der Waals surface area contributed by atoms with E-state index in [9.17, 15) is 9.36 Å². The van der Waals surface area contributed by atoms with E-state index in [1.165, 1.54) is 0 Å². The van der Waals surface area contributed by atoms with Gasteiger partial charge in [-0.05, 0) is 33.2 Å². The Hall–Kier alpha value is -1.51. The van der Waals surface area contributed by atoms with Crippen LogP contribution in [-0.4, -0.2) is 35.9 Å². The highest BCUT2D eigenvalue weighted by Crippen LogP contribution is 2.31. The van der Waals surface area contributed by atoms with Crippen molar-refractivity contribution in [2.24, 2.45) is 0 Å². The molecule has 0 saturated carbocycles. The topological polar surface area (TPSA) is 57.6 Å². The number of aliphatic carboxylic acids is 1. The van der Waals surface area contributed by atoms with Gasteiger partial charge in [0.25, 0.3) is 0 Å². The zero-order valence-corrected chi connectivity index (χ0v) is 12.3. The van der Waals surface area contributed by atoms with Crippen molar-refractivity contribution in [2.75, 3.05) is 14.1 Å². The van der Waals surface area contributed by atoms with Gasteiger partial charge in [-0.3, -0.25) is 4.90 Å². The van der Waals surface area contributed by atoms with Gasteiger partial charge in [-0.15, -0.1) is 0 Å². The fourth-order valence-electron chi connectivity index (χ4n) is 1.63. The second-order valence-corrected chi connectivity index (χ2v) is 6.30. The summed E-state index contributed by atoms with van der Waals surface area (Å²) < 4.78 is 12.5. The Morgan fingerprint density at radius 1 is 1.37 bits per heavy atom. The predicted octanol–water partition coefficient (Wildman–Crippen LogP) is 2.45. The summed E-state index contributed by atoms with van der Waals surface area (Å²) >= 11 is 0. The number of rotatable bonds is 6. The monoisotopic (exact) mass is 280 g/mol. The maximum Gasteiger partial charge on any atom is 0.396 e. The van der Waals surface area contributed by atoms with Crippen LogP contribution in [0.2, 0.25) is 0 Å². The van der Waals surface area contributed by atoms with Gasteiger partial charge in [0, 0.05) is 12.0 Å². The minimum Gasteiger partial charge on any atom is -0.478 e. The van der Waals surface area contributed by atoms with Crippen LogP contribution >= 0.6 is 7.80 Å². The van der Waals surface area contributed by atoms with Crippen molar-refractivity contribution >= 4 is 19.1 Å². The third-order valence-corrected chi connectivity index (χ3v) is 4.87. The molecule has 0 aromatic heterocycles. The van der Waals surface area contributed by atoms with Crippen LogP contribution in [0.15, 0.2) is 42.0 Å². The third kappa shape index (κ3) is 4.58. The standard InChI is InChI=1S/C14H18NO3P/c1-11(14(16)17)9-10-13(15(2)3)19(18)12-7-5-4-6-8-12/h4-9,13H,10H2,1-3H3/p+1. The maximum absolute atomic E-state index is 12.5. The number of nitrogens with zero attached hydrogens (tertiary/aromatic N) is 1. The molecule has 0 spiro atoms. The van der Waals surface area contributed by atoms with Gasteiger partial charge in [-0.2, -0.15) is 0 Å². The summed E-state index contributed by atoms with van der Waals surface area (Å²) in [6.45, 7) is 1.55. The number of carboxylic acids is 1. The van der Waals surface area contributed by atoms with E-state index in [0.717, 1.165) is 5.30 Å². The van der Waals surface area contributed by atoms with Crippen LogP contribution in [0.25, 0.3) is 0 Å². The molecule has 0 aliphatic carbocycles. The first-order valence-electron chi connectivity index (χ1n) is 6.01. The molecule has 2 atom stereocenters. The maximum atomic E-state index is 12.5. The molecule has 2 unspecified atom stereocenters. The molecule has 0 saturated heterocycles. The molecule has 102 valence electrons. The highest BCUT2D eigenvalue weighted by atomic mass is 31.1. The summed E-state index contributed by atoms with van der Waals surface area (Å²) in [7, 11) is 2.11. The normalized spacial score (nSPS) is 14.3. The Balaban J connectivity index is 2.87. The van der Waals surface area contributed by atoms with Gasteiger partial charge in [0.15, 0.2) is 5.30 Å². The van der Waals surface area contributed by atoms with E-state index in [0.29, 0.717) is 6.42 Å². The molecular weight excluding hydrogens is 261 g/mol. The van der Waals surface area contributed by atoms with Gasteiger partial charge in [-0.25, -0.2) is 4.79 Å². The van der Waals surface area contributed by atoms with E-state index in [-0.39, 0.29) is 11.4 Å². The zero-order valence-electron chi connectivity index (χ0n) is 11.4. The number of benzene rings is 1. The van der Waals surface area contributed by atoms with Crippen molar-refractivity contribution in [1.82, 2.24) is 4.90 Å². The number of hydrogen-bond donors (Lipinski definition) is 1. The van der Waals surface area contributed by atoms with Crippen molar-refractivity contribution in [3.05, 3.63) is 42.0 Å². The number of hydrogen-bond acceptors (Lipinski definition) is 3. The van der Waals surface area contributed by atoms with E-state index in [4.69, 9.17) is 5.11 Å². The largest absolute Gasteiger partial charge is 0.478 e. The van der Waals surface area contributed by atoms with Crippen molar-refractivity contribution in [1.29, 1.82) is 0 Å². The van der Waals surface area contributed by atoms with Crippen LogP contribution in [0.5, 0.6) is 0 Å². The Kier molecular flexibility index (Phi) is 5.87. The molecule has 1 rings (SSSR count). The fourth-order valence-corrected chi connectivity index (χ4v) is 3.16. The Morgan fingerprint density at radius 3 is 2.42 bits per heavy atom. The molecule has 0 radical (unpaired) electrons. The Morgan fingerprint density at radius 2 is 1.95 bits per heavy atom. The minimum atomic E-state index is -1.59. The van der Waals surface area contributed by atoms with Crippen LogP contribution in [-0.2, 0) is 9.36 Å². The zero-order chi connectivity index (χ0) is 14.4. The lowest BCUT2D eigenvalue weighted by Gasteiger charge is -2.13. The first-order chi connectivity index (χ1) is 8.93. The molecule has 1 aromatic carbocycles. The van der Waals surface area contributed by atoms with Gasteiger partial charge in [-0.1, -0.05) is 28.8 Å². The number of carbonyl (C=O) groups is 1. The van der Waals surface area contributed by atoms with E-state index in [1.807, 2.05) is 49.3 Å². The Labute approximate surface area is 114 Å². The quantitative estimate of drug-likeness (QED) is 0.642. The van der Waals surface area contributed by atoms with Crippen LogP contribution in [0.1, 0.15) is 13.3 Å². The van der Waals surface area contributed by atoms with Crippen molar-refractivity contribution in [2.45, 2.75) is 19.1 Å². The average Bonchev–Trinajstić information content (AvgIpc) is 2.38. The van der Waals surface area contributed by atoms with Crippen LogP contribution in [0.3, 0.4) is 0 Å². The lowest BCUT2D eigenvalue weighted by atomic mass is 10.2. The molecule has 4 nitrogen and oxygen atoms in total. The molecule has 0 aliphatic heterocycles. The Bertz CT molecular complexity index is 483. The summed E-state index contributed by atoms with van der Waals surface area (Å²) in [6.07, 6.45) is 2.08. The summed E-state index contributed by atoms with van der Waals surface area (Å²) in [4.78, 5) is 12.6. The molecule has 19 heavy (non-hydrogen) atoms. The van der Waals surface area contributed by atoms with E-state index in [1.54, 1.807) is 13.0 Å². The number of carboxylic acid groups (broad SMARTS) is 1. The lowest BCUT2D eigenvalue weighted by Crippen LogP contribution is -2.26. The molecular formula is C14H19NO3P+. The summed E-state index contributed by atoms with van der Waals surface area (Å²) in [5.74, 6) is -1.14. The van der Waals surface area contributed by atoms with E-state index < -0.39 is 13.8 Å².